The van der Waals surface area contributed by atoms with E-state index in [1.54, 1.807) is 6.92 Å². The molecule has 0 bridgehead atoms. The molecule has 1 atom stereocenters. The minimum absolute atomic E-state index is 0.0728. The Labute approximate surface area is 104 Å². The van der Waals surface area contributed by atoms with Gasteiger partial charge in [0.15, 0.2) is 0 Å². The molecule has 1 rings (SSSR count). The summed E-state index contributed by atoms with van der Waals surface area (Å²) in [7, 11) is 1.31. The summed E-state index contributed by atoms with van der Waals surface area (Å²) in [6.07, 6.45) is -2.92. The van der Waals surface area contributed by atoms with E-state index in [2.05, 4.69) is 10.1 Å². The number of hydrogen-bond acceptors (Lipinski definition) is 4. The summed E-state index contributed by atoms with van der Waals surface area (Å²) in [6, 6.07) is -0.349. The first kappa shape index (κ1) is 15.2. The van der Waals surface area contributed by atoms with Gasteiger partial charge >= 0.3 is 12.1 Å². The van der Waals surface area contributed by atoms with E-state index in [9.17, 15) is 18.0 Å². The molecule has 0 amide bonds. The van der Waals surface area contributed by atoms with Gasteiger partial charge in [0, 0.05) is 6.04 Å². The predicted molar refractivity (Wildman–Crippen MR) is 60.1 cm³/mol. The van der Waals surface area contributed by atoms with E-state index in [1.807, 2.05) is 0 Å². The van der Waals surface area contributed by atoms with E-state index < -0.39 is 18.8 Å². The molecule has 1 N–H and O–H groups in total. The smallest absolute Gasteiger partial charge is 0.401 e. The molecule has 0 radical (unpaired) electrons. The topological polar surface area (TPSA) is 41.6 Å². The molecule has 0 spiro atoms. The van der Waals surface area contributed by atoms with Gasteiger partial charge in [0.25, 0.3) is 0 Å². The van der Waals surface area contributed by atoms with Crippen LogP contribution >= 0.6 is 0 Å². The fourth-order valence-electron chi connectivity index (χ4n) is 2.11. The van der Waals surface area contributed by atoms with Crippen LogP contribution in [-0.4, -0.2) is 55.9 Å². The molecule has 0 saturated carbocycles. The number of likely N-dealkylation sites (tertiary alicyclic amines) is 1. The molecule has 1 aliphatic rings. The maximum absolute atomic E-state index is 12.2. The lowest BCUT2D eigenvalue weighted by Gasteiger charge is -2.33. The third-order valence-electron chi connectivity index (χ3n) is 3.03. The lowest BCUT2D eigenvalue weighted by molar-refractivity contribution is -0.148. The number of halogens is 3. The Bertz CT molecular complexity index is 276. The summed E-state index contributed by atoms with van der Waals surface area (Å²) in [5.74, 6) is -0.354. The number of carbonyl (C=O) groups excluding carboxylic acids is 1. The third kappa shape index (κ3) is 5.22. The van der Waals surface area contributed by atoms with Crippen molar-refractivity contribution in [2.75, 3.05) is 26.7 Å². The summed E-state index contributed by atoms with van der Waals surface area (Å²) in [5.41, 5.74) is 0. The van der Waals surface area contributed by atoms with Gasteiger partial charge in [-0.3, -0.25) is 9.69 Å². The number of methoxy groups -OCH3 is 1. The SMILES string of the molecule is COC(=O)C(C)NC1CCN(CC(F)(F)F)CC1. The Morgan fingerprint density at radius 1 is 1.44 bits per heavy atom. The maximum atomic E-state index is 12.2. The number of alkyl halides is 3. The molecule has 0 aromatic rings. The van der Waals surface area contributed by atoms with E-state index in [0.29, 0.717) is 25.9 Å². The van der Waals surface area contributed by atoms with Crippen LogP contribution in [-0.2, 0) is 9.53 Å². The standard InChI is InChI=1S/C11H19F3N2O2/c1-8(10(17)18-2)15-9-3-5-16(6-4-9)7-11(12,13)14/h8-9,15H,3-7H2,1-2H3. The minimum atomic E-state index is -4.14. The average molecular weight is 268 g/mol. The molecule has 4 nitrogen and oxygen atoms in total. The number of nitrogens with one attached hydrogen (secondary N) is 1. The van der Waals surface area contributed by atoms with Crippen LogP contribution < -0.4 is 5.32 Å². The third-order valence-corrected chi connectivity index (χ3v) is 3.03. The maximum Gasteiger partial charge on any atom is 0.401 e. The van der Waals surface area contributed by atoms with E-state index in [4.69, 9.17) is 0 Å². The van der Waals surface area contributed by atoms with Crippen LogP contribution in [0, 0.1) is 0 Å². The Kier molecular flexibility index (Phi) is 5.40. The molecular weight excluding hydrogens is 249 g/mol. The Hall–Kier alpha value is -0.820. The molecule has 106 valence electrons. The molecule has 0 aromatic carbocycles. The average Bonchev–Trinajstić information content (AvgIpc) is 2.28. The molecule has 7 heteroatoms. The monoisotopic (exact) mass is 268 g/mol. The fraction of sp³-hybridized carbons (Fsp3) is 0.909. The Morgan fingerprint density at radius 2 is 2.00 bits per heavy atom. The lowest BCUT2D eigenvalue weighted by Crippen LogP contribution is -2.49. The highest BCUT2D eigenvalue weighted by Crippen LogP contribution is 2.19. The van der Waals surface area contributed by atoms with Crippen LogP contribution in [0.5, 0.6) is 0 Å². The molecule has 1 heterocycles. The number of ether oxygens (including phenoxy) is 1. The van der Waals surface area contributed by atoms with Gasteiger partial charge in [-0.15, -0.1) is 0 Å². The van der Waals surface area contributed by atoms with Crippen LogP contribution in [0.4, 0.5) is 13.2 Å². The number of nitrogens with zero attached hydrogens (tertiary/aromatic N) is 1. The largest absolute Gasteiger partial charge is 0.468 e. The van der Waals surface area contributed by atoms with Crippen molar-refractivity contribution in [1.29, 1.82) is 0 Å². The van der Waals surface area contributed by atoms with Gasteiger partial charge in [0.05, 0.1) is 13.7 Å². The summed E-state index contributed by atoms with van der Waals surface area (Å²) in [6.45, 7) is 1.62. The van der Waals surface area contributed by atoms with Crippen molar-refractivity contribution in [3.63, 3.8) is 0 Å². The zero-order valence-electron chi connectivity index (χ0n) is 10.6. The molecule has 0 aliphatic carbocycles. The number of carbonyl (C=O) groups is 1. The van der Waals surface area contributed by atoms with Gasteiger partial charge in [0.1, 0.15) is 6.04 Å². The van der Waals surface area contributed by atoms with Gasteiger partial charge in [0.2, 0.25) is 0 Å². The van der Waals surface area contributed by atoms with Crippen molar-refractivity contribution in [2.45, 2.75) is 38.0 Å². The van der Waals surface area contributed by atoms with Crippen LogP contribution in [0.25, 0.3) is 0 Å². The second-order valence-corrected chi connectivity index (χ2v) is 4.58. The summed E-state index contributed by atoms with van der Waals surface area (Å²) in [4.78, 5) is 12.6. The second-order valence-electron chi connectivity index (χ2n) is 4.58. The highest BCUT2D eigenvalue weighted by atomic mass is 19.4. The first-order valence-corrected chi connectivity index (χ1v) is 5.95. The molecular formula is C11H19F3N2O2. The zero-order valence-corrected chi connectivity index (χ0v) is 10.6. The quantitative estimate of drug-likeness (QED) is 0.777. The minimum Gasteiger partial charge on any atom is -0.468 e. The van der Waals surface area contributed by atoms with Crippen LogP contribution in [0.1, 0.15) is 19.8 Å². The van der Waals surface area contributed by atoms with Crippen molar-refractivity contribution < 1.29 is 22.7 Å². The highest BCUT2D eigenvalue weighted by Gasteiger charge is 2.32. The number of hydrogen-bond donors (Lipinski definition) is 1. The Morgan fingerprint density at radius 3 is 2.44 bits per heavy atom. The number of piperidine rings is 1. The lowest BCUT2D eigenvalue weighted by atomic mass is 10.0. The normalized spacial score (nSPS) is 20.7. The van der Waals surface area contributed by atoms with E-state index in [1.165, 1.54) is 12.0 Å². The first-order valence-electron chi connectivity index (χ1n) is 5.95. The van der Waals surface area contributed by atoms with Crippen molar-refractivity contribution in [3.05, 3.63) is 0 Å². The summed E-state index contributed by atoms with van der Waals surface area (Å²) >= 11 is 0. The number of rotatable bonds is 4. The molecule has 1 fully saturated rings. The fourth-order valence-corrected chi connectivity index (χ4v) is 2.11. The van der Waals surface area contributed by atoms with Crippen molar-refractivity contribution in [1.82, 2.24) is 10.2 Å². The van der Waals surface area contributed by atoms with Gasteiger partial charge < -0.3 is 10.1 Å². The first-order chi connectivity index (χ1) is 8.31. The van der Waals surface area contributed by atoms with Crippen molar-refractivity contribution in [3.8, 4) is 0 Å². The summed E-state index contributed by atoms with van der Waals surface area (Å²) in [5, 5.41) is 3.07. The molecule has 1 aliphatic heterocycles. The van der Waals surface area contributed by atoms with E-state index >= 15 is 0 Å². The van der Waals surface area contributed by atoms with Gasteiger partial charge in [-0.05, 0) is 32.9 Å². The van der Waals surface area contributed by atoms with Crippen molar-refractivity contribution in [2.24, 2.45) is 0 Å². The molecule has 1 unspecified atom stereocenters. The molecule has 1 saturated heterocycles. The zero-order chi connectivity index (χ0) is 13.8. The molecule has 0 aromatic heterocycles. The second kappa shape index (κ2) is 6.38. The Balaban J connectivity index is 2.29. The number of esters is 1. The summed E-state index contributed by atoms with van der Waals surface area (Å²) < 4.78 is 41.1. The highest BCUT2D eigenvalue weighted by molar-refractivity contribution is 5.75. The van der Waals surface area contributed by atoms with E-state index in [0.717, 1.165) is 0 Å². The molecule has 18 heavy (non-hydrogen) atoms. The van der Waals surface area contributed by atoms with E-state index in [-0.39, 0.29) is 12.0 Å². The van der Waals surface area contributed by atoms with Crippen LogP contribution in [0.15, 0.2) is 0 Å². The van der Waals surface area contributed by atoms with Gasteiger partial charge in [-0.25, -0.2) is 0 Å². The van der Waals surface area contributed by atoms with Crippen molar-refractivity contribution >= 4 is 5.97 Å². The van der Waals surface area contributed by atoms with Gasteiger partial charge in [-0.1, -0.05) is 0 Å². The van der Waals surface area contributed by atoms with Gasteiger partial charge in [-0.2, -0.15) is 13.2 Å². The predicted octanol–water partition coefficient (Wildman–Crippen LogP) is 1.16. The van der Waals surface area contributed by atoms with Crippen LogP contribution in [0.3, 0.4) is 0 Å². The van der Waals surface area contributed by atoms with Crippen LogP contribution in [0.2, 0.25) is 0 Å².